The van der Waals surface area contributed by atoms with E-state index in [0.717, 1.165) is 0 Å². The molecule has 1 rings (SSSR count). The van der Waals surface area contributed by atoms with Crippen molar-refractivity contribution in [3.63, 3.8) is 0 Å². The molecule has 0 bridgehead atoms. The molecule has 1 aromatic heterocycles. The summed E-state index contributed by atoms with van der Waals surface area (Å²) in [6, 6.07) is 0. The molecule has 0 spiro atoms. The van der Waals surface area contributed by atoms with E-state index in [4.69, 9.17) is 5.11 Å². The molecular formula is C4H5LiN2O2. The number of carbonyl (C=O) groups is 1. The van der Waals surface area contributed by atoms with Crippen LogP contribution in [0.4, 0.5) is 0 Å². The Balaban J connectivity index is 0. The Hall–Kier alpha value is -0.723. The fourth-order valence-electron chi connectivity index (χ4n) is 0.373. The molecule has 4 nitrogen and oxygen atoms in total. The zero-order valence-electron chi connectivity index (χ0n) is 5.96. The van der Waals surface area contributed by atoms with E-state index in [1.54, 1.807) is 0 Å². The standard InChI is InChI=1S/C4H4N2O2.Li.H/c7-4(8)3-1-5-2-6-3;;/h1-2H,(H,5,6)(H,7,8);;/q;+1;-1. The number of H-pyrrole nitrogens is 1. The Morgan fingerprint density at radius 3 is 2.78 bits per heavy atom. The molecule has 1 heterocycles. The van der Waals surface area contributed by atoms with E-state index < -0.39 is 5.97 Å². The zero-order chi connectivity index (χ0) is 5.98. The SMILES string of the molecule is O=C(O)c1cnc[nH]1.[H-].[Li+]. The van der Waals surface area contributed by atoms with Crippen molar-refractivity contribution in [2.75, 3.05) is 0 Å². The van der Waals surface area contributed by atoms with Gasteiger partial charge in [-0.15, -0.1) is 0 Å². The third kappa shape index (κ3) is 1.92. The summed E-state index contributed by atoms with van der Waals surface area (Å²) in [6.45, 7) is 0. The quantitative estimate of drug-likeness (QED) is 0.394. The van der Waals surface area contributed by atoms with E-state index in [0.29, 0.717) is 0 Å². The summed E-state index contributed by atoms with van der Waals surface area (Å²) < 4.78 is 0. The van der Waals surface area contributed by atoms with Crippen molar-refractivity contribution in [1.82, 2.24) is 9.97 Å². The van der Waals surface area contributed by atoms with Crippen LogP contribution in [-0.2, 0) is 0 Å². The number of aromatic nitrogens is 2. The molecule has 9 heavy (non-hydrogen) atoms. The van der Waals surface area contributed by atoms with Crippen molar-refractivity contribution in [1.29, 1.82) is 0 Å². The fourth-order valence-corrected chi connectivity index (χ4v) is 0.373. The molecule has 0 aliphatic heterocycles. The van der Waals surface area contributed by atoms with Crippen molar-refractivity contribution >= 4 is 5.97 Å². The normalized spacial score (nSPS) is 8.00. The van der Waals surface area contributed by atoms with Crippen molar-refractivity contribution < 1.29 is 30.2 Å². The maximum absolute atomic E-state index is 9.99. The molecule has 0 radical (unpaired) electrons. The molecule has 2 N–H and O–H groups in total. The Labute approximate surface area is 65.0 Å². The zero-order valence-corrected chi connectivity index (χ0v) is 4.96. The molecule has 0 saturated heterocycles. The maximum Gasteiger partial charge on any atom is 1.00 e. The Kier molecular flexibility index (Phi) is 3.06. The molecule has 5 heteroatoms. The van der Waals surface area contributed by atoms with Crippen molar-refractivity contribution in [2.45, 2.75) is 0 Å². The fraction of sp³-hybridized carbons (Fsp3) is 0. The molecule has 0 saturated carbocycles. The van der Waals surface area contributed by atoms with Gasteiger partial charge in [0.2, 0.25) is 0 Å². The van der Waals surface area contributed by atoms with Gasteiger partial charge in [0.25, 0.3) is 0 Å². The van der Waals surface area contributed by atoms with Gasteiger partial charge in [-0.2, -0.15) is 0 Å². The number of carboxylic acids is 1. The molecule has 1 aromatic rings. The number of aromatic amines is 1. The average molecular weight is 120 g/mol. The van der Waals surface area contributed by atoms with E-state index >= 15 is 0 Å². The summed E-state index contributed by atoms with van der Waals surface area (Å²) in [5.74, 6) is -0.984. The van der Waals surface area contributed by atoms with E-state index in [1.807, 2.05) is 0 Å². The van der Waals surface area contributed by atoms with Crippen LogP contribution in [0.3, 0.4) is 0 Å². The van der Waals surface area contributed by atoms with Crippen LogP contribution in [-0.4, -0.2) is 21.0 Å². The molecular weight excluding hydrogens is 115 g/mol. The van der Waals surface area contributed by atoms with Gasteiger partial charge in [0, 0.05) is 0 Å². The van der Waals surface area contributed by atoms with Gasteiger partial charge in [-0.05, 0) is 0 Å². The van der Waals surface area contributed by atoms with Crippen LogP contribution in [0.15, 0.2) is 12.5 Å². The van der Waals surface area contributed by atoms with Crippen LogP contribution in [0.1, 0.15) is 11.9 Å². The van der Waals surface area contributed by atoms with Gasteiger partial charge < -0.3 is 11.5 Å². The number of nitrogens with zero attached hydrogens (tertiary/aromatic N) is 1. The summed E-state index contributed by atoms with van der Waals surface area (Å²) in [4.78, 5) is 15.9. The van der Waals surface area contributed by atoms with E-state index in [2.05, 4.69) is 9.97 Å². The summed E-state index contributed by atoms with van der Waals surface area (Å²) in [5.41, 5.74) is 0.116. The summed E-state index contributed by atoms with van der Waals surface area (Å²) >= 11 is 0. The molecule has 0 unspecified atom stereocenters. The number of hydrogen-bond acceptors (Lipinski definition) is 2. The van der Waals surface area contributed by atoms with Gasteiger partial charge in [-0.25, -0.2) is 9.78 Å². The summed E-state index contributed by atoms with van der Waals surface area (Å²) in [7, 11) is 0. The van der Waals surface area contributed by atoms with Gasteiger partial charge in [0.1, 0.15) is 5.69 Å². The second-order valence-electron chi connectivity index (χ2n) is 1.27. The van der Waals surface area contributed by atoms with Gasteiger partial charge >= 0.3 is 24.8 Å². The molecule has 0 aromatic carbocycles. The Morgan fingerprint density at radius 2 is 2.56 bits per heavy atom. The predicted octanol–water partition coefficient (Wildman–Crippen LogP) is -2.78. The minimum absolute atomic E-state index is 0. The molecule has 0 amide bonds. The summed E-state index contributed by atoms with van der Waals surface area (Å²) in [6.07, 6.45) is 2.58. The first-order valence-corrected chi connectivity index (χ1v) is 2.02. The van der Waals surface area contributed by atoms with E-state index in [1.165, 1.54) is 12.5 Å². The molecule has 0 fully saturated rings. The largest absolute Gasteiger partial charge is 1.00 e. The van der Waals surface area contributed by atoms with Crippen molar-refractivity contribution in [3.05, 3.63) is 18.2 Å². The minimum Gasteiger partial charge on any atom is -1.00 e. The van der Waals surface area contributed by atoms with Crippen LogP contribution in [0.2, 0.25) is 0 Å². The molecule has 0 aliphatic rings. The van der Waals surface area contributed by atoms with Crippen molar-refractivity contribution in [2.24, 2.45) is 0 Å². The van der Waals surface area contributed by atoms with Gasteiger partial charge in [-0.1, -0.05) is 0 Å². The second kappa shape index (κ2) is 3.33. The van der Waals surface area contributed by atoms with Crippen LogP contribution in [0.25, 0.3) is 0 Å². The smallest absolute Gasteiger partial charge is 1.00 e. The minimum atomic E-state index is -0.984. The Bertz CT molecular complexity index is 189. The van der Waals surface area contributed by atoms with E-state index in [-0.39, 0.29) is 26.0 Å². The number of nitrogens with one attached hydrogen (secondary N) is 1. The Morgan fingerprint density at radius 1 is 1.89 bits per heavy atom. The first kappa shape index (κ1) is 8.28. The number of rotatable bonds is 1. The second-order valence-corrected chi connectivity index (χ2v) is 1.27. The maximum atomic E-state index is 9.99. The topological polar surface area (TPSA) is 66.0 Å². The molecule has 0 aliphatic carbocycles. The van der Waals surface area contributed by atoms with Crippen LogP contribution in [0.5, 0.6) is 0 Å². The van der Waals surface area contributed by atoms with Crippen LogP contribution >= 0.6 is 0 Å². The third-order valence-corrected chi connectivity index (χ3v) is 0.729. The van der Waals surface area contributed by atoms with Gasteiger partial charge in [0.05, 0.1) is 12.5 Å². The van der Waals surface area contributed by atoms with E-state index in [9.17, 15) is 4.79 Å². The number of aromatic carboxylic acids is 1. The summed E-state index contributed by atoms with van der Waals surface area (Å²) in [5, 5.41) is 8.20. The average Bonchev–Trinajstić information content (AvgIpc) is 2.12. The van der Waals surface area contributed by atoms with Crippen molar-refractivity contribution in [3.8, 4) is 0 Å². The first-order valence-electron chi connectivity index (χ1n) is 2.02. The first-order chi connectivity index (χ1) is 3.80. The molecule has 44 valence electrons. The third-order valence-electron chi connectivity index (χ3n) is 0.729. The van der Waals surface area contributed by atoms with Crippen LogP contribution in [0, 0.1) is 0 Å². The number of carboxylic acid groups (broad SMARTS) is 1. The monoisotopic (exact) mass is 120 g/mol. The van der Waals surface area contributed by atoms with Crippen LogP contribution < -0.4 is 18.9 Å². The predicted molar refractivity (Wildman–Crippen MR) is 26.7 cm³/mol. The van der Waals surface area contributed by atoms with Gasteiger partial charge in [0.15, 0.2) is 0 Å². The number of hydrogen-bond donors (Lipinski definition) is 2. The van der Waals surface area contributed by atoms with Gasteiger partial charge in [-0.3, -0.25) is 0 Å². The molecule has 0 atom stereocenters. The number of imidazole rings is 1.